The van der Waals surface area contributed by atoms with E-state index in [9.17, 15) is 0 Å². The quantitative estimate of drug-likeness (QED) is 0.217. The molecule has 0 radical (unpaired) electrons. The van der Waals surface area contributed by atoms with Crippen LogP contribution >= 0.6 is 34.0 Å². The first kappa shape index (κ1) is 25.8. The molecule has 0 spiro atoms. The Morgan fingerprint density at radius 1 is 0.444 bits per heavy atom. The summed E-state index contributed by atoms with van der Waals surface area (Å²) in [5, 5.41) is 8.66. The van der Waals surface area contributed by atoms with Crippen LogP contribution in [0.4, 0.5) is 0 Å². The Bertz CT molecular complexity index is 1260. The molecule has 0 saturated carbocycles. The highest BCUT2D eigenvalue weighted by atomic mass is 32.1. The summed E-state index contributed by atoms with van der Waals surface area (Å²) >= 11 is 5.36. The van der Waals surface area contributed by atoms with E-state index in [1.807, 2.05) is 18.2 Å². The van der Waals surface area contributed by atoms with Gasteiger partial charge in [-0.15, -0.1) is 22.7 Å². The molecular weight excluding hydrogens is 493 g/mol. The highest BCUT2D eigenvalue weighted by Crippen LogP contribution is 2.29. The van der Waals surface area contributed by atoms with Gasteiger partial charge in [0, 0.05) is 9.75 Å². The molecule has 0 unspecified atom stereocenters. The molecule has 0 fully saturated rings. The molecule has 6 rings (SSSR count). The highest BCUT2D eigenvalue weighted by Gasteiger charge is 2.02. The van der Waals surface area contributed by atoms with Gasteiger partial charge in [0.05, 0.1) is 0 Å². The van der Waals surface area contributed by atoms with Crippen molar-refractivity contribution in [3.63, 3.8) is 0 Å². The Morgan fingerprint density at radius 3 is 1.42 bits per heavy atom. The average molecular weight is 523 g/mol. The molecule has 36 heavy (non-hydrogen) atoms. The predicted molar refractivity (Wildman–Crippen MR) is 163 cm³/mol. The van der Waals surface area contributed by atoms with Crippen molar-refractivity contribution < 1.29 is 0 Å². The summed E-state index contributed by atoms with van der Waals surface area (Å²) in [7, 11) is 0. The monoisotopic (exact) mass is 522 g/mol. The lowest BCUT2D eigenvalue weighted by molar-refractivity contribution is 1.53. The molecular formula is C33H30S3. The molecule has 3 aromatic carbocycles. The first-order chi connectivity index (χ1) is 17.6. The minimum atomic E-state index is 1.32. The van der Waals surface area contributed by atoms with Crippen LogP contribution in [-0.2, 0) is 0 Å². The SMILES string of the molecule is Cc1ccsc1-c1ccccc1.Cc1cscc1-c1ccccc1.Cc1sccc1-c1ccccc1. The minimum absolute atomic E-state index is 1.32. The van der Waals surface area contributed by atoms with Gasteiger partial charge < -0.3 is 0 Å². The minimum Gasteiger partial charge on any atom is -0.151 e. The smallest absolute Gasteiger partial charge is 0.0371 e. The van der Waals surface area contributed by atoms with E-state index in [2.05, 4.69) is 127 Å². The third-order valence-electron chi connectivity index (χ3n) is 5.78. The Balaban J connectivity index is 0.000000127. The van der Waals surface area contributed by atoms with E-state index in [0.717, 1.165) is 0 Å². The molecule has 0 N–H and O–H groups in total. The van der Waals surface area contributed by atoms with Gasteiger partial charge in [-0.25, -0.2) is 0 Å². The molecule has 0 atom stereocenters. The fraction of sp³-hybridized carbons (Fsp3) is 0.0909. The molecule has 0 aliphatic carbocycles. The molecule has 0 amide bonds. The van der Waals surface area contributed by atoms with Crippen molar-refractivity contribution in [2.75, 3.05) is 0 Å². The van der Waals surface area contributed by atoms with Crippen LogP contribution in [0.2, 0.25) is 0 Å². The second-order valence-corrected chi connectivity index (χ2v) is 11.2. The first-order valence-electron chi connectivity index (χ1n) is 11.9. The van der Waals surface area contributed by atoms with E-state index in [1.165, 1.54) is 48.7 Å². The summed E-state index contributed by atoms with van der Waals surface area (Å²) in [6, 6.07) is 35.8. The Kier molecular flexibility index (Phi) is 9.46. The predicted octanol–water partition coefficient (Wildman–Crippen LogP) is 11.2. The Morgan fingerprint density at radius 2 is 0.972 bits per heavy atom. The van der Waals surface area contributed by atoms with Gasteiger partial charge >= 0.3 is 0 Å². The molecule has 3 heteroatoms. The molecule has 6 aromatic rings. The van der Waals surface area contributed by atoms with E-state index < -0.39 is 0 Å². The number of aryl methyl sites for hydroxylation is 3. The van der Waals surface area contributed by atoms with E-state index in [4.69, 9.17) is 0 Å². The second kappa shape index (κ2) is 13.2. The standard InChI is InChI=1S/3C11H10S/c1-9-7-12-8-11(9)10-5-3-2-4-6-10;1-9-11(7-8-12-9)10-5-3-2-4-6-10;1-9-7-8-12-11(9)10-5-3-2-4-6-10/h3*2-8H,1H3. The average Bonchev–Trinajstić information content (AvgIpc) is 3.67. The summed E-state index contributed by atoms with van der Waals surface area (Å²) in [6.45, 7) is 6.46. The lowest BCUT2D eigenvalue weighted by atomic mass is 10.1. The third kappa shape index (κ3) is 6.92. The maximum Gasteiger partial charge on any atom is 0.0371 e. The van der Waals surface area contributed by atoms with Gasteiger partial charge in [0.25, 0.3) is 0 Å². The summed E-state index contributed by atoms with van der Waals surface area (Å²) in [6.07, 6.45) is 0. The molecule has 0 bridgehead atoms. The summed E-state index contributed by atoms with van der Waals surface area (Å²) in [4.78, 5) is 2.77. The van der Waals surface area contributed by atoms with Crippen molar-refractivity contribution in [1.29, 1.82) is 0 Å². The molecule has 0 aliphatic heterocycles. The van der Waals surface area contributed by atoms with Crippen LogP contribution < -0.4 is 0 Å². The van der Waals surface area contributed by atoms with Crippen molar-refractivity contribution in [3.8, 4) is 32.7 Å². The van der Waals surface area contributed by atoms with Crippen LogP contribution in [0.25, 0.3) is 32.7 Å². The fourth-order valence-electron chi connectivity index (χ4n) is 3.83. The van der Waals surface area contributed by atoms with Crippen LogP contribution in [0.3, 0.4) is 0 Å². The van der Waals surface area contributed by atoms with E-state index in [1.54, 1.807) is 34.0 Å². The topological polar surface area (TPSA) is 0 Å². The molecule has 0 saturated heterocycles. The molecule has 180 valence electrons. The summed E-state index contributed by atoms with van der Waals surface area (Å²) in [5.41, 5.74) is 9.41. The third-order valence-corrected chi connectivity index (χ3v) is 8.55. The molecule has 3 heterocycles. The summed E-state index contributed by atoms with van der Waals surface area (Å²) < 4.78 is 0. The number of benzene rings is 3. The van der Waals surface area contributed by atoms with Crippen molar-refractivity contribution in [2.24, 2.45) is 0 Å². The zero-order valence-electron chi connectivity index (χ0n) is 20.8. The van der Waals surface area contributed by atoms with Crippen LogP contribution in [-0.4, -0.2) is 0 Å². The lowest BCUT2D eigenvalue weighted by Gasteiger charge is -1.97. The van der Waals surface area contributed by atoms with E-state index >= 15 is 0 Å². The molecule has 0 nitrogen and oxygen atoms in total. The number of hydrogen-bond acceptors (Lipinski definition) is 3. The van der Waals surface area contributed by atoms with Gasteiger partial charge in [0.2, 0.25) is 0 Å². The second-order valence-electron chi connectivity index (χ2n) is 8.39. The normalized spacial score (nSPS) is 10.1. The van der Waals surface area contributed by atoms with E-state index in [-0.39, 0.29) is 0 Å². The van der Waals surface area contributed by atoms with Gasteiger partial charge in [-0.3, -0.25) is 0 Å². The van der Waals surface area contributed by atoms with Crippen molar-refractivity contribution in [2.45, 2.75) is 20.8 Å². The van der Waals surface area contributed by atoms with Gasteiger partial charge in [0.15, 0.2) is 0 Å². The lowest BCUT2D eigenvalue weighted by Crippen LogP contribution is -1.74. The maximum atomic E-state index is 2.20. The molecule has 0 aliphatic rings. The zero-order chi connectivity index (χ0) is 25.2. The first-order valence-corrected chi connectivity index (χ1v) is 14.6. The summed E-state index contributed by atoms with van der Waals surface area (Å²) in [5.74, 6) is 0. The Hall–Kier alpha value is -3.24. The largest absolute Gasteiger partial charge is 0.151 e. The maximum absolute atomic E-state index is 2.20. The fourth-order valence-corrected chi connectivity index (χ4v) is 6.35. The zero-order valence-corrected chi connectivity index (χ0v) is 23.3. The van der Waals surface area contributed by atoms with Gasteiger partial charge in [-0.05, 0) is 93.4 Å². The molecule has 3 aromatic heterocycles. The van der Waals surface area contributed by atoms with Crippen LogP contribution in [0.15, 0.2) is 125 Å². The van der Waals surface area contributed by atoms with Crippen LogP contribution in [0.1, 0.15) is 16.0 Å². The van der Waals surface area contributed by atoms with Crippen molar-refractivity contribution >= 4 is 34.0 Å². The van der Waals surface area contributed by atoms with Gasteiger partial charge in [-0.1, -0.05) is 91.0 Å². The van der Waals surface area contributed by atoms with Gasteiger partial charge in [-0.2, -0.15) is 11.3 Å². The van der Waals surface area contributed by atoms with Crippen molar-refractivity contribution in [3.05, 3.63) is 141 Å². The Labute approximate surface area is 227 Å². The number of thiophene rings is 3. The van der Waals surface area contributed by atoms with Gasteiger partial charge in [0.1, 0.15) is 0 Å². The van der Waals surface area contributed by atoms with Crippen molar-refractivity contribution in [1.82, 2.24) is 0 Å². The van der Waals surface area contributed by atoms with E-state index in [0.29, 0.717) is 0 Å². The number of hydrogen-bond donors (Lipinski definition) is 0. The number of rotatable bonds is 3. The highest BCUT2D eigenvalue weighted by molar-refractivity contribution is 7.13. The van der Waals surface area contributed by atoms with Crippen LogP contribution in [0, 0.1) is 20.8 Å². The van der Waals surface area contributed by atoms with Crippen LogP contribution in [0.5, 0.6) is 0 Å².